The van der Waals surface area contributed by atoms with Gasteiger partial charge in [-0.1, -0.05) is 83.5 Å². The molecule has 2 unspecified atom stereocenters. The van der Waals surface area contributed by atoms with Crippen LogP contribution in [-0.4, -0.2) is 101 Å². The maximum absolute atomic E-state index is 12.6. The second-order valence-corrected chi connectivity index (χ2v) is 30.0. The quantitative estimate of drug-likeness (QED) is 0.0531. The van der Waals surface area contributed by atoms with Gasteiger partial charge in [0.1, 0.15) is 11.5 Å². The molecule has 0 aliphatic carbocycles. The highest BCUT2D eigenvalue weighted by molar-refractivity contribution is 9.09. The van der Waals surface area contributed by atoms with E-state index in [1.54, 1.807) is 39.9 Å². The first kappa shape index (κ1) is 65.9. The zero-order chi connectivity index (χ0) is 56.8. The Kier molecular flexibility index (Phi) is 27.4. The van der Waals surface area contributed by atoms with E-state index in [0.717, 1.165) is 85.7 Å². The number of H-pyrrole nitrogens is 1. The molecule has 2 aromatic carbocycles. The maximum atomic E-state index is 12.6. The van der Waals surface area contributed by atoms with Gasteiger partial charge < -0.3 is 38.0 Å². The van der Waals surface area contributed by atoms with E-state index in [-0.39, 0.29) is 17.4 Å². The Labute approximate surface area is 474 Å². The summed E-state index contributed by atoms with van der Waals surface area (Å²) in [7, 11) is -1.64. The molecule has 15 heteroatoms. The normalized spacial score (nSPS) is 16.9. The summed E-state index contributed by atoms with van der Waals surface area (Å²) in [4.78, 5) is 23.2. The number of hydrogen-bond acceptors (Lipinski definition) is 11. The molecule has 4 atom stereocenters. The lowest BCUT2D eigenvalue weighted by atomic mass is 9.88. The SMILES string of the molecule is CCOP(C)(=O)C[C@@H](C)c1cc[nH]c(=O)c1.CCOP(C)(=O)C[C@@H](C)c1ccnc(OCC2CCN(c3cc(OC)ccc3CCCC(C)(C)C)CC2)c1.COc1ccc(CCCC(C)(C)C)c(N2CCC(CBr)CC2)c1. The van der Waals surface area contributed by atoms with Crippen LogP contribution < -0.4 is 29.6 Å². The van der Waals surface area contributed by atoms with Crippen molar-refractivity contribution in [3.63, 3.8) is 0 Å². The zero-order valence-electron chi connectivity index (χ0n) is 49.8. The number of pyridine rings is 2. The van der Waals surface area contributed by atoms with Crippen LogP contribution in [0.2, 0.25) is 0 Å². The van der Waals surface area contributed by atoms with Crippen LogP contribution in [-0.2, 0) is 31.0 Å². The smallest absolute Gasteiger partial charge is 0.248 e. The molecule has 12 nitrogen and oxygen atoms in total. The molecule has 2 aliphatic rings. The van der Waals surface area contributed by atoms with E-state index in [0.29, 0.717) is 54.8 Å². The molecule has 0 radical (unpaired) electrons. The molecular weight excluding hydrogens is 1070 g/mol. The van der Waals surface area contributed by atoms with Gasteiger partial charge in [0.25, 0.3) is 0 Å². The summed E-state index contributed by atoms with van der Waals surface area (Å²) in [6.07, 6.45) is 16.3. The van der Waals surface area contributed by atoms with Crippen molar-refractivity contribution in [3.05, 3.63) is 106 Å². The molecule has 0 spiro atoms. The lowest BCUT2D eigenvalue weighted by Gasteiger charge is -2.35. The van der Waals surface area contributed by atoms with Gasteiger partial charge in [0, 0.05) is 105 Å². The van der Waals surface area contributed by atoms with Gasteiger partial charge in [-0.25, -0.2) is 4.98 Å². The fourth-order valence-electron chi connectivity index (χ4n) is 10.3. The Morgan fingerprint density at radius 3 is 1.55 bits per heavy atom. The Bertz CT molecular complexity index is 2510. The molecule has 6 rings (SSSR count). The molecule has 4 heterocycles. The van der Waals surface area contributed by atoms with Crippen LogP contribution in [0.25, 0.3) is 0 Å². The molecule has 2 aromatic heterocycles. The zero-order valence-corrected chi connectivity index (χ0v) is 53.1. The highest BCUT2D eigenvalue weighted by Crippen LogP contribution is 2.47. The maximum Gasteiger partial charge on any atom is 0.248 e. The Hall–Kier alpha value is -3.60. The first-order valence-corrected chi connectivity index (χ1v) is 34.1. The number of ether oxygens (including phenoxy) is 3. The predicted molar refractivity (Wildman–Crippen MR) is 328 cm³/mol. The Balaban J connectivity index is 0.000000277. The summed E-state index contributed by atoms with van der Waals surface area (Å²) in [5, 5.41) is 1.14. The lowest BCUT2D eigenvalue weighted by Crippen LogP contribution is -2.36. The van der Waals surface area contributed by atoms with Crippen molar-refractivity contribution in [2.45, 2.75) is 145 Å². The third-order valence-corrected chi connectivity index (χ3v) is 19.6. The monoisotopic (exact) mass is 1170 g/mol. The number of benzene rings is 2. The van der Waals surface area contributed by atoms with Gasteiger partial charge in [-0.3, -0.25) is 13.9 Å². The third-order valence-electron chi connectivity index (χ3n) is 14.6. The number of halogens is 1. The molecule has 0 bridgehead atoms. The van der Waals surface area contributed by atoms with Crippen LogP contribution in [0.5, 0.6) is 17.4 Å². The van der Waals surface area contributed by atoms with Gasteiger partial charge >= 0.3 is 0 Å². The van der Waals surface area contributed by atoms with E-state index in [1.807, 2.05) is 39.0 Å². The number of hydrogen-bond donors (Lipinski definition) is 1. The first-order chi connectivity index (χ1) is 36.4. The van der Waals surface area contributed by atoms with Gasteiger partial charge in [0.2, 0.25) is 26.2 Å². The highest BCUT2D eigenvalue weighted by Gasteiger charge is 2.26. The van der Waals surface area contributed by atoms with Crippen LogP contribution >= 0.6 is 30.7 Å². The number of anilines is 2. The third kappa shape index (κ3) is 24.3. The van der Waals surface area contributed by atoms with Gasteiger partial charge in [-0.15, -0.1) is 0 Å². The van der Waals surface area contributed by atoms with Gasteiger partial charge in [-0.05, 0) is 159 Å². The summed E-state index contributed by atoms with van der Waals surface area (Å²) in [5.41, 5.74) is 8.24. The second kappa shape index (κ2) is 32.0. The summed E-state index contributed by atoms with van der Waals surface area (Å²) in [5.74, 6) is 4.05. The number of rotatable bonds is 24. The van der Waals surface area contributed by atoms with Crippen LogP contribution in [0, 0.1) is 22.7 Å². The van der Waals surface area contributed by atoms with Crippen molar-refractivity contribution in [1.82, 2.24) is 9.97 Å². The van der Waals surface area contributed by atoms with E-state index in [4.69, 9.17) is 23.3 Å². The van der Waals surface area contributed by atoms with E-state index < -0.39 is 14.7 Å². The Morgan fingerprint density at radius 1 is 0.675 bits per heavy atom. The van der Waals surface area contributed by atoms with Crippen molar-refractivity contribution in [2.75, 3.05) is 101 Å². The summed E-state index contributed by atoms with van der Waals surface area (Å²) >= 11 is 3.64. The lowest BCUT2D eigenvalue weighted by molar-refractivity contribution is 0.216. The van der Waals surface area contributed by atoms with E-state index in [1.165, 1.54) is 67.1 Å². The van der Waals surface area contributed by atoms with E-state index >= 15 is 0 Å². The minimum atomic E-state index is -2.59. The fraction of sp³-hybridized carbons (Fsp3) is 0.645. The molecule has 1 N–H and O–H groups in total. The average molecular weight is 1170 g/mol. The molecular formula is C62H99BrN4O8P2. The average Bonchev–Trinajstić information content (AvgIpc) is 3.38. The van der Waals surface area contributed by atoms with E-state index in [2.05, 4.69) is 121 Å². The van der Waals surface area contributed by atoms with E-state index in [9.17, 15) is 13.9 Å². The molecule has 0 saturated carbocycles. The minimum Gasteiger partial charge on any atom is -0.497 e. The number of nitrogens with zero attached hydrogens (tertiary/aromatic N) is 3. The molecule has 2 saturated heterocycles. The second-order valence-electron chi connectivity index (χ2n) is 24.1. The first-order valence-electron chi connectivity index (χ1n) is 28.5. The molecule has 4 aromatic rings. The van der Waals surface area contributed by atoms with Crippen LogP contribution in [0.3, 0.4) is 0 Å². The molecule has 2 fully saturated rings. The van der Waals surface area contributed by atoms with Crippen LogP contribution in [0.1, 0.15) is 155 Å². The largest absolute Gasteiger partial charge is 0.497 e. The number of methoxy groups -OCH3 is 2. The van der Waals surface area contributed by atoms with Crippen molar-refractivity contribution in [2.24, 2.45) is 22.7 Å². The Morgan fingerprint density at radius 2 is 1.13 bits per heavy atom. The van der Waals surface area contributed by atoms with Crippen molar-refractivity contribution >= 4 is 42.0 Å². The highest BCUT2D eigenvalue weighted by atomic mass is 79.9. The molecule has 432 valence electrons. The van der Waals surface area contributed by atoms with Crippen molar-refractivity contribution < 1.29 is 32.4 Å². The number of aromatic amines is 1. The molecule has 77 heavy (non-hydrogen) atoms. The van der Waals surface area contributed by atoms with Crippen molar-refractivity contribution in [1.29, 1.82) is 0 Å². The number of alkyl halides is 1. The number of nitrogens with one attached hydrogen (secondary N) is 1. The minimum absolute atomic E-state index is 0.0599. The predicted octanol–water partition coefficient (Wildman–Crippen LogP) is 15.9. The van der Waals surface area contributed by atoms with Crippen molar-refractivity contribution in [3.8, 4) is 17.4 Å². The number of piperidine rings is 2. The number of aryl methyl sites for hydroxylation is 2. The van der Waals surface area contributed by atoms with Gasteiger partial charge in [0.15, 0.2) is 0 Å². The van der Waals surface area contributed by atoms with Crippen LogP contribution in [0.15, 0.2) is 77.9 Å². The van der Waals surface area contributed by atoms with Crippen LogP contribution in [0.4, 0.5) is 11.4 Å². The summed E-state index contributed by atoms with van der Waals surface area (Å²) in [6, 6.07) is 20.5. The fourth-order valence-corrected chi connectivity index (χ4v) is 14.6. The van der Waals surface area contributed by atoms with Gasteiger partial charge in [0.05, 0.1) is 34.0 Å². The van der Waals surface area contributed by atoms with Gasteiger partial charge in [-0.2, -0.15) is 0 Å². The topological polar surface area (TPSA) is 133 Å². The summed E-state index contributed by atoms with van der Waals surface area (Å²) in [6.45, 7) is 31.0. The summed E-state index contributed by atoms with van der Waals surface area (Å²) < 4.78 is 52.5. The standard InChI is InChI=1S/C31H49N2O4P.C20H32BrNO.C11H18NO3P/c1-8-37-38(7,34)23-24(2)27-13-17-32-30(20-27)36-22-25-14-18-33(19-15-25)29-21-28(35-6)12-11-26(29)10-9-16-31(3,4)5;1-20(2,3)11-5-6-17-7-8-18(23-4)14-19(17)22-12-9-16(15-21)10-13-22;1-4-15-16(3,14)8-9(2)10-5-6-12-11(13)7-10/h11-13,17,20-21,24-25H,8-10,14-16,18-19,22-23H2,1-7H3;7-8,14,16H,5-6,9-13,15H2,1-4H3;5-7,9H,4,8H2,1-3H3,(H,12,13)/t24-,38?;;9-,16?/m1.1/s1. The number of aromatic nitrogens is 2. The molecule has 0 amide bonds. The molecule has 2 aliphatic heterocycles.